The summed E-state index contributed by atoms with van der Waals surface area (Å²) in [4.78, 5) is 15.0. The minimum Gasteiger partial charge on any atom is -0.305 e. The summed E-state index contributed by atoms with van der Waals surface area (Å²) >= 11 is 3.22. The Kier molecular flexibility index (Phi) is 4.90. The Balaban J connectivity index is 2.09. The van der Waals surface area contributed by atoms with Gasteiger partial charge in [-0.15, -0.1) is 23.1 Å². The van der Waals surface area contributed by atoms with Gasteiger partial charge in [-0.1, -0.05) is 6.07 Å². The molecule has 0 bridgehead atoms. The van der Waals surface area contributed by atoms with E-state index in [1.165, 1.54) is 7.05 Å². The van der Waals surface area contributed by atoms with Crippen LogP contribution < -0.4 is 0 Å². The van der Waals surface area contributed by atoms with Crippen LogP contribution in [0, 0.1) is 0 Å². The van der Waals surface area contributed by atoms with Crippen LogP contribution >= 0.6 is 23.1 Å². The molecule has 1 aliphatic rings. The summed E-state index contributed by atoms with van der Waals surface area (Å²) in [5, 5.41) is 2.87. The Hall–Kier alpha value is -0.830. The maximum absolute atomic E-state index is 12.2. The first kappa shape index (κ1) is 15.6. The lowest BCUT2D eigenvalue weighted by atomic mass is 10.4. The molecule has 1 amide bonds. The Labute approximate surface area is 127 Å². The van der Waals surface area contributed by atoms with Crippen LogP contribution in [-0.4, -0.2) is 55.7 Å². The third-order valence-corrected chi connectivity index (χ3v) is 5.97. The highest BCUT2D eigenvalue weighted by Crippen LogP contribution is 2.30. The molecule has 1 fully saturated rings. The summed E-state index contributed by atoms with van der Waals surface area (Å²) in [6.07, 6.45) is 3.07. The number of likely N-dealkylation sites (N-methyl/N-ethyl adjacent to an activating group) is 1. The van der Waals surface area contributed by atoms with Crippen molar-refractivity contribution in [2.24, 2.45) is 0 Å². The van der Waals surface area contributed by atoms with Crippen molar-refractivity contribution in [3.8, 4) is 0 Å². The topological polar surface area (TPSA) is 57.7 Å². The second-order valence-corrected chi connectivity index (χ2v) is 8.59. The molecule has 110 valence electrons. The molecule has 0 unspecified atom stereocenters. The fourth-order valence-electron chi connectivity index (χ4n) is 1.68. The molecule has 0 aliphatic carbocycles. The molecule has 1 aromatic rings. The molecule has 8 heteroatoms. The molecule has 20 heavy (non-hydrogen) atoms. The van der Waals surface area contributed by atoms with Gasteiger partial charge >= 0.3 is 0 Å². The van der Waals surface area contributed by atoms with Gasteiger partial charge in [-0.05, 0) is 17.5 Å². The van der Waals surface area contributed by atoms with E-state index in [-0.39, 0.29) is 12.5 Å². The van der Waals surface area contributed by atoms with E-state index in [9.17, 15) is 13.2 Å². The number of hydrogen-bond acceptors (Lipinski definition) is 5. The highest BCUT2D eigenvalue weighted by atomic mass is 32.2. The second kappa shape index (κ2) is 6.30. The number of nitrogens with zero attached hydrogens (tertiary/aromatic N) is 2. The van der Waals surface area contributed by atoms with E-state index in [1.807, 2.05) is 23.6 Å². The van der Waals surface area contributed by atoms with Gasteiger partial charge in [0.25, 0.3) is 0 Å². The lowest BCUT2D eigenvalue weighted by Gasteiger charge is -2.20. The zero-order chi connectivity index (χ0) is 14.8. The minimum atomic E-state index is -3.33. The summed E-state index contributed by atoms with van der Waals surface area (Å²) in [5.41, 5.74) is 0. The quantitative estimate of drug-likeness (QED) is 0.839. The molecule has 1 aliphatic heterocycles. The molecule has 1 saturated heterocycles. The number of carbonyl (C=O) groups is 1. The Morgan fingerprint density at radius 2 is 2.30 bits per heavy atom. The van der Waals surface area contributed by atoms with E-state index < -0.39 is 10.0 Å². The van der Waals surface area contributed by atoms with Gasteiger partial charge in [0, 0.05) is 24.2 Å². The van der Waals surface area contributed by atoms with Gasteiger partial charge in [-0.25, -0.2) is 8.42 Å². The van der Waals surface area contributed by atoms with Gasteiger partial charge in [-0.2, -0.15) is 4.31 Å². The molecule has 2 heterocycles. The number of carbonyl (C=O) groups excluding carboxylic acids is 1. The highest BCUT2D eigenvalue weighted by molar-refractivity contribution is 8.03. The van der Waals surface area contributed by atoms with Crippen LogP contribution in [0.1, 0.15) is 4.88 Å². The summed E-state index contributed by atoms with van der Waals surface area (Å²) in [6, 6.07) is 3.95. The Bertz CT molecular complexity index is 608. The number of thiophene rings is 1. The fourth-order valence-corrected chi connectivity index (χ4v) is 3.80. The SMILES string of the molecule is CN(CC(=O)N1CCS/C1=C/c1cccs1)S(C)(=O)=O. The minimum absolute atomic E-state index is 0.124. The molecule has 1 aromatic heterocycles. The first-order valence-electron chi connectivity index (χ1n) is 5.97. The van der Waals surface area contributed by atoms with Crippen molar-refractivity contribution in [3.05, 3.63) is 27.4 Å². The molecule has 0 aromatic carbocycles. The zero-order valence-corrected chi connectivity index (χ0v) is 13.7. The van der Waals surface area contributed by atoms with Crippen LogP contribution in [0.4, 0.5) is 0 Å². The summed E-state index contributed by atoms with van der Waals surface area (Å²) < 4.78 is 23.8. The number of sulfonamides is 1. The molecule has 0 spiro atoms. The van der Waals surface area contributed by atoms with Gasteiger partial charge < -0.3 is 4.90 Å². The summed E-state index contributed by atoms with van der Waals surface area (Å²) in [5.74, 6) is 0.650. The average molecular weight is 332 g/mol. The number of amides is 1. The largest absolute Gasteiger partial charge is 0.305 e. The maximum Gasteiger partial charge on any atom is 0.242 e. The Morgan fingerprint density at radius 1 is 1.55 bits per heavy atom. The van der Waals surface area contributed by atoms with Crippen LogP contribution in [0.15, 0.2) is 22.5 Å². The first-order valence-corrected chi connectivity index (χ1v) is 9.69. The van der Waals surface area contributed by atoms with Gasteiger partial charge in [0.05, 0.1) is 17.8 Å². The molecule has 0 atom stereocenters. The Morgan fingerprint density at radius 3 is 2.90 bits per heavy atom. The van der Waals surface area contributed by atoms with Gasteiger partial charge in [0.15, 0.2) is 0 Å². The normalized spacial score (nSPS) is 18.1. The summed E-state index contributed by atoms with van der Waals surface area (Å²) in [6.45, 7) is 0.499. The monoisotopic (exact) mass is 332 g/mol. The number of rotatable bonds is 4. The molecule has 0 saturated carbocycles. The van der Waals surface area contributed by atoms with Crippen molar-refractivity contribution in [1.29, 1.82) is 0 Å². The van der Waals surface area contributed by atoms with Gasteiger partial charge in [0.2, 0.25) is 15.9 Å². The third-order valence-electron chi connectivity index (χ3n) is 2.86. The molecule has 5 nitrogen and oxygen atoms in total. The van der Waals surface area contributed by atoms with Gasteiger partial charge in [-0.3, -0.25) is 4.79 Å². The van der Waals surface area contributed by atoms with Crippen molar-refractivity contribution in [3.63, 3.8) is 0 Å². The molecule has 0 radical (unpaired) electrons. The van der Waals surface area contributed by atoms with Crippen molar-refractivity contribution in [1.82, 2.24) is 9.21 Å². The smallest absolute Gasteiger partial charge is 0.242 e. The fraction of sp³-hybridized carbons (Fsp3) is 0.417. The van der Waals surface area contributed by atoms with Crippen LogP contribution in [0.3, 0.4) is 0 Å². The van der Waals surface area contributed by atoms with E-state index in [4.69, 9.17) is 0 Å². The molecular weight excluding hydrogens is 316 g/mol. The number of thioether (sulfide) groups is 1. The third kappa shape index (κ3) is 3.85. The second-order valence-electron chi connectivity index (χ2n) is 4.41. The van der Waals surface area contributed by atoms with Crippen molar-refractivity contribution in [2.75, 3.05) is 32.1 Å². The van der Waals surface area contributed by atoms with Crippen molar-refractivity contribution >= 4 is 45.1 Å². The van der Waals surface area contributed by atoms with E-state index in [0.717, 1.165) is 26.2 Å². The van der Waals surface area contributed by atoms with Crippen LogP contribution in [0.5, 0.6) is 0 Å². The van der Waals surface area contributed by atoms with E-state index in [1.54, 1.807) is 28.0 Å². The molecule has 0 N–H and O–H groups in total. The first-order chi connectivity index (χ1) is 9.38. The van der Waals surface area contributed by atoms with E-state index >= 15 is 0 Å². The van der Waals surface area contributed by atoms with Crippen molar-refractivity contribution in [2.45, 2.75) is 0 Å². The lowest BCUT2D eigenvalue weighted by Crippen LogP contribution is -2.38. The van der Waals surface area contributed by atoms with Gasteiger partial charge in [0.1, 0.15) is 0 Å². The van der Waals surface area contributed by atoms with E-state index in [0.29, 0.717) is 6.54 Å². The standard InChI is InChI=1S/C12H16N2O3S3/c1-13(20(2,16)17)9-11(15)14-5-7-19-12(14)8-10-4-3-6-18-10/h3-4,6,8H,5,7,9H2,1-2H3/b12-8+. The molecular formula is C12H16N2O3S3. The maximum atomic E-state index is 12.2. The average Bonchev–Trinajstić information content (AvgIpc) is 2.99. The molecule has 2 rings (SSSR count). The number of hydrogen-bond donors (Lipinski definition) is 0. The van der Waals surface area contributed by atoms with E-state index in [2.05, 4.69) is 0 Å². The predicted molar refractivity (Wildman–Crippen MR) is 83.9 cm³/mol. The summed E-state index contributed by atoms with van der Waals surface area (Å²) in [7, 11) is -1.92. The lowest BCUT2D eigenvalue weighted by molar-refractivity contribution is -0.128. The highest BCUT2D eigenvalue weighted by Gasteiger charge is 2.26. The van der Waals surface area contributed by atoms with Crippen molar-refractivity contribution < 1.29 is 13.2 Å². The van der Waals surface area contributed by atoms with Crippen LogP contribution in [0.25, 0.3) is 6.08 Å². The zero-order valence-electron chi connectivity index (χ0n) is 11.3. The van der Waals surface area contributed by atoms with Crippen LogP contribution in [0.2, 0.25) is 0 Å². The van der Waals surface area contributed by atoms with Crippen LogP contribution in [-0.2, 0) is 14.8 Å². The predicted octanol–water partition coefficient (Wildman–Crippen LogP) is 1.51.